The van der Waals surface area contributed by atoms with Gasteiger partial charge in [0, 0.05) is 13.2 Å². The highest BCUT2D eigenvalue weighted by Crippen LogP contribution is 2.02. The lowest BCUT2D eigenvalue weighted by molar-refractivity contribution is 0.283. The third-order valence-corrected chi connectivity index (χ3v) is 1.98. The van der Waals surface area contributed by atoms with Gasteiger partial charge in [0.25, 0.3) is 0 Å². The summed E-state index contributed by atoms with van der Waals surface area (Å²) in [5.41, 5.74) is 0.953. The number of unbranched alkanes of at least 4 members (excludes halogenated alkanes) is 1. The van der Waals surface area contributed by atoms with E-state index >= 15 is 0 Å². The third-order valence-electron chi connectivity index (χ3n) is 1.98. The lowest BCUT2D eigenvalue weighted by Crippen LogP contribution is -2.15. The molecule has 0 aliphatic rings. The van der Waals surface area contributed by atoms with Crippen LogP contribution in [0.4, 0.5) is 4.39 Å². The summed E-state index contributed by atoms with van der Waals surface area (Å²) < 4.78 is 12.7. The average Bonchev–Trinajstić information content (AvgIpc) is 2.18. The molecule has 0 aliphatic carbocycles. The summed E-state index contributed by atoms with van der Waals surface area (Å²) in [6.45, 7) is 1.78. The van der Waals surface area contributed by atoms with Crippen LogP contribution in [0.5, 0.6) is 0 Å². The van der Waals surface area contributed by atoms with Crippen molar-refractivity contribution in [3.63, 3.8) is 0 Å². The van der Waals surface area contributed by atoms with E-state index in [1.807, 2.05) is 6.07 Å². The van der Waals surface area contributed by atoms with Gasteiger partial charge < -0.3 is 10.4 Å². The van der Waals surface area contributed by atoms with E-state index in [-0.39, 0.29) is 12.4 Å². The van der Waals surface area contributed by atoms with E-state index in [0.29, 0.717) is 6.54 Å². The van der Waals surface area contributed by atoms with E-state index in [1.165, 1.54) is 12.1 Å². The molecular formula is C11H16FNO. The van der Waals surface area contributed by atoms with Gasteiger partial charge >= 0.3 is 0 Å². The largest absolute Gasteiger partial charge is 0.396 e. The summed E-state index contributed by atoms with van der Waals surface area (Å²) in [4.78, 5) is 0. The lowest BCUT2D eigenvalue weighted by Gasteiger charge is -2.03. The maximum absolute atomic E-state index is 12.7. The molecule has 0 heterocycles. The normalized spacial score (nSPS) is 10.4. The van der Waals surface area contributed by atoms with Crippen LogP contribution in [-0.4, -0.2) is 18.3 Å². The molecule has 0 saturated carbocycles. The molecule has 0 spiro atoms. The summed E-state index contributed by atoms with van der Waals surface area (Å²) in [6.07, 6.45) is 1.77. The summed E-state index contributed by atoms with van der Waals surface area (Å²) >= 11 is 0. The smallest absolute Gasteiger partial charge is 0.123 e. The molecule has 0 saturated heterocycles. The number of aliphatic hydroxyl groups excluding tert-OH is 1. The highest BCUT2D eigenvalue weighted by molar-refractivity contribution is 5.15. The van der Waals surface area contributed by atoms with E-state index in [4.69, 9.17) is 5.11 Å². The zero-order chi connectivity index (χ0) is 10.2. The van der Waals surface area contributed by atoms with Crippen molar-refractivity contribution in [3.05, 3.63) is 35.6 Å². The Morgan fingerprint density at radius 1 is 1.29 bits per heavy atom. The van der Waals surface area contributed by atoms with E-state index in [0.717, 1.165) is 24.9 Å². The van der Waals surface area contributed by atoms with Crippen LogP contribution in [0.25, 0.3) is 0 Å². The molecule has 0 amide bonds. The fourth-order valence-electron chi connectivity index (χ4n) is 1.24. The number of nitrogens with one attached hydrogen (secondary N) is 1. The van der Waals surface area contributed by atoms with Crippen LogP contribution >= 0.6 is 0 Å². The standard InChI is InChI=1S/C11H16FNO/c12-11-5-3-4-10(8-11)9-13-6-1-2-7-14/h3-5,8,13-14H,1-2,6-7,9H2. The minimum Gasteiger partial charge on any atom is -0.396 e. The fourth-order valence-corrected chi connectivity index (χ4v) is 1.24. The molecule has 0 aromatic heterocycles. The van der Waals surface area contributed by atoms with Gasteiger partial charge in [-0.1, -0.05) is 12.1 Å². The van der Waals surface area contributed by atoms with Crippen LogP contribution in [0.1, 0.15) is 18.4 Å². The number of rotatable bonds is 6. The van der Waals surface area contributed by atoms with Gasteiger partial charge in [-0.15, -0.1) is 0 Å². The van der Waals surface area contributed by atoms with Gasteiger partial charge in [0.1, 0.15) is 5.82 Å². The minimum absolute atomic E-state index is 0.195. The monoisotopic (exact) mass is 197 g/mol. The first kappa shape index (κ1) is 11.1. The number of benzene rings is 1. The van der Waals surface area contributed by atoms with Crippen LogP contribution in [0, 0.1) is 5.82 Å². The zero-order valence-corrected chi connectivity index (χ0v) is 8.17. The fraction of sp³-hybridized carbons (Fsp3) is 0.455. The summed E-state index contributed by atoms with van der Waals surface area (Å²) in [6, 6.07) is 6.57. The van der Waals surface area contributed by atoms with Crippen LogP contribution < -0.4 is 5.32 Å². The molecule has 0 aliphatic heterocycles. The Kier molecular flexibility index (Phi) is 5.19. The van der Waals surface area contributed by atoms with E-state index in [2.05, 4.69) is 5.32 Å². The Morgan fingerprint density at radius 2 is 2.14 bits per heavy atom. The van der Waals surface area contributed by atoms with Gasteiger partial charge in [0.15, 0.2) is 0 Å². The van der Waals surface area contributed by atoms with Crippen molar-refractivity contribution in [2.24, 2.45) is 0 Å². The second kappa shape index (κ2) is 6.51. The predicted octanol–water partition coefficient (Wildman–Crippen LogP) is 1.69. The molecule has 2 nitrogen and oxygen atoms in total. The third kappa shape index (κ3) is 4.35. The number of hydrogen-bond acceptors (Lipinski definition) is 2. The molecule has 3 heteroatoms. The predicted molar refractivity (Wildman–Crippen MR) is 54.4 cm³/mol. The SMILES string of the molecule is OCCCCNCc1cccc(F)c1. The van der Waals surface area contributed by atoms with Crippen molar-refractivity contribution in [3.8, 4) is 0 Å². The van der Waals surface area contributed by atoms with Gasteiger partial charge in [-0.25, -0.2) is 4.39 Å². The van der Waals surface area contributed by atoms with Crippen molar-refractivity contribution < 1.29 is 9.50 Å². The quantitative estimate of drug-likeness (QED) is 0.680. The minimum atomic E-state index is -0.195. The number of hydrogen-bond donors (Lipinski definition) is 2. The first-order valence-electron chi connectivity index (χ1n) is 4.89. The molecule has 2 N–H and O–H groups in total. The Bertz CT molecular complexity index is 265. The highest BCUT2D eigenvalue weighted by atomic mass is 19.1. The van der Waals surface area contributed by atoms with Crippen LogP contribution in [0.2, 0.25) is 0 Å². The van der Waals surface area contributed by atoms with Crippen LogP contribution in [0.3, 0.4) is 0 Å². The van der Waals surface area contributed by atoms with Gasteiger partial charge in [-0.3, -0.25) is 0 Å². The molecule has 14 heavy (non-hydrogen) atoms. The molecule has 1 aromatic rings. The van der Waals surface area contributed by atoms with E-state index in [9.17, 15) is 4.39 Å². The second-order valence-electron chi connectivity index (χ2n) is 3.24. The first-order chi connectivity index (χ1) is 6.83. The topological polar surface area (TPSA) is 32.3 Å². The Hall–Kier alpha value is -0.930. The maximum atomic E-state index is 12.7. The maximum Gasteiger partial charge on any atom is 0.123 e. The molecule has 0 radical (unpaired) electrons. The highest BCUT2D eigenvalue weighted by Gasteiger charge is 1.94. The van der Waals surface area contributed by atoms with Crippen molar-refractivity contribution in [1.82, 2.24) is 5.32 Å². The van der Waals surface area contributed by atoms with E-state index < -0.39 is 0 Å². The lowest BCUT2D eigenvalue weighted by atomic mass is 10.2. The van der Waals surface area contributed by atoms with Crippen LogP contribution in [-0.2, 0) is 6.54 Å². The zero-order valence-electron chi connectivity index (χ0n) is 8.17. The molecule has 78 valence electrons. The van der Waals surface area contributed by atoms with Gasteiger partial charge in [0.05, 0.1) is 0 Å². The van der Waals surface area contributed by atoms with Crippen molar-refractivity contribution >= 4 is 0 Å². The van der Waals surface area contributed by atoms with Crippen molar-refractivity contribution in [2.45, 2.75) is 19.4 Å². The first-order valence-corrected chi connectivity index (χ1v) is 4.89. The van der Waals surface area contributed by atoms with E-state index in [1.54, 1.807) is 6.07 Å². The molecule has 0 atom stereocenters. The van der Waals surface area contributed by atoms with Gasteiger partial charge in [-0.2, -0.15) is 0 Å². The molecule has 0 bridgehead atoms. The molecular weight excluding hydrogens is 181 g/mol. The number of aliphatic hydroxyl groups is 1. The second-order valence-corrected chi connectivity index (χ2v) is 3.24. The van der Waals surface area contributed by atoms with Gasteiger partial charge in [-0.05, 0) is 37.1 Å². The van der Waals surface area contributed by atoms with Crippen molar-refractivity contribution in [1.29, 1.82) is 0 Å². The molecule has 0 unspecified atom stereocenters. The Balaban J connectivity index is 2.18. The summed E-state index contributed by atoms with van der Waals surface area (Å²) in [7, 11) is 0. The van der Waals surface area contributed by atoms with Crippen LogP contribution in [0.15, 0.2) is 24.3 Å². The molecule has 0 fully saturated rings. The van der Waals surface area contributed by atoms with Crippen molar-refractivity contribution in [2.75, 3.05) is 13.2 Å². The summed E-state index contributed by atoms with van der Waals surface area (Å²) in [5, 5.41) is 11.7. The number of halogens is 1. The Morgan fingerprint density at radius 3 is 2.86 bits per heavy atom. The molecule has 1 aromatic carbocycles. The summed E-state index contributed by atoms with van der Waals surface area (Å²) in [5.74, 6) is -0.195. The Labute approximate surface area is 83.8 Å². The van der Waals surface area contributed by atoms with Gasteiger partial charge in [0.2, 0.25) is 0 Å². The average molecular weight is 197 g/mol. The molecule has 1 rings (SSSR count).